The summed E-state index contributed by atoms with van der Waals surface area (Å²) in [5.41, 5.74) is 3.39. The molecule has 1 atom stereocenters. The molecule has 0 saturated heterocycles. The van der Waals surface area contributed by atoms with Crippen LogP contribution in [0, 0.1) is 12.7 Å². The van der Waals surface area contributed by atoms with E-state index in [-0.39, 0.29) is 23.8 Å². The Morgan fingerprint density at radius 3 is 2.66 bits per heavy atom. The van der Waals surface area contributed by atoms with Crippen LogP contribution < -0.4 is 10.9 Å². The minimum Gasteiger partial charge on any atom is -0.481 e. The Hall–Kier alpha value is -4.19. The molecule has 0 spiro atoms. The molecule has 0 amide bonds. The van der Waals surface area contributed by atoms with Crippen LogP contribution in [0.3, 0.4) is 0 Å². The molecule has 10 nitrogen and oxygen atoms in total. The van der Waals surface area contributed by atoms with Gasteiger partial charge in [0.15, 0.2) is 16.4 Å². The van der Waals surface area contributed by atoms with E-state index in [9.17, 15) is 14.0 Å². The van der Waals surface area contributed by atoms with Crippen molar-refractivity contribution in [2.45, 2.75) is 33.2 Å². The minimum absolute atomic E-state index is 0.191. The molecule has 1 unspecified atom stereocenters. The molecule has 0 bridgehead atoms. The summed E-state index contributed by atoms with van der Waals surface area (Å²) in [7, 11) is 0. The quantitative estimate of drug-likeness (QED) is 0.330. The van der Waals surface area contributed by atoms with E-state index < -0.39 is 5.97 Å². The van der Waals surface area contributed by atoms with Gasteiger partial charge in [-0.15, -0.1) is 11.3 Å². The molecule has 5 aromatic rings. The van der Waals surface area contributed by atoms with Crippen LogP contribution in [0.5, 0.6) is 0 Å². The number of benzene rings is 1. The molecule has 0 fully saturated rings. The van der Waals surface area contributed by atoms with Crippen LogP contribution in [0.1, 0.15) is 37.7 Å². The van der Waals surface area contributed by atoms with Crippen molar-refractivity contribution < 1.29 is 14.3 Å². The van der Waals surface area contributed by atoms with Gasteiger partial charge in [-0.05, 0) is 31.5 Å². The first-order valence-electron chi connectivity index (χ1n) is 10.7. The standard InChI is InChI=1S/C20H16FN7OS.C3H6O2/c1-10-7-30-20-27-15(11(2)26-18-16-17(23-8-22-16)24-9-25-18)14(19(29)28(10)20)12-3-5-13(21)6-4-12;1-2-3(4)5/h3-9,11H,1-2H3,(H2,22,23,24,25,26);2H2,1H3,(H,4,5). The molecule has 12 heteroatoms. The number of nitrogens with zero attached hydrogens (tertiary/aromatic N) is 5. The number of anilines is 1. The summed E-state index contributed by atoms with van der Waals surface area (Å²) in [6.07, 6.45) is 3.19. The number of halogens is 1. The van der Waals surface area contributed by atoms with Gasteiger partial charge >= 0.3 is 5.97 Å². The van der Waals surface area contributed by atoms with Crippen LogP contribution in [-0.4, -0.2) is 40.4 Å². The molecule has 4 heterocycles. The van der Waals surface area contributed by atoms with Crippen LogP contribution in [0.25, 0.3) is 27.3 Å². The predicted molar refractivity (Wildman–Crippen MR) is 131 cm³/mol. The second-order valence-corrected chi connectivity index (χ2v) is 8.45. The Kier molecular flexibility index (Phi) is 6.82. The molecule has 1 aromatic carbocycles. The summed E-state index contributed by atoms with van der Waals surface area (Å²) in [4.78, 5) is 43.7. The number of aromatic amines is 1. The van der Waals surface area contributed by atoms with Gasteiger partial charge in [0.2, 0.25) is 0 Å². The Bertz CT molecular complexity index is 1560. The number of carboxylic acid groups (broad SMARTS) is 1. The molecule has 5 rings (SSSR count). The highest BCUT2D eigenvalue weighted by molar-refractivity contribution is 7.15. The number of rotatable bonds is 5. The number of aromatic nitrogens is 6. The zero-order valence-electron chi connectivity index (χ0n) is 19.1. The third-order valence-electron chi connectivity index (χ3n) is 5.19. The lowest BCUT2D eigenvalue weighted by Crippen LogP contribution is -2.23. The van der Waals surface area contributed by atoms with Gasteiger partial charge in [-0.3, -0.25) is 14.0 Å². The van der Waals surface area contributed by atoms with Crippen LogP contribution in [0.15, 0.2) is 47.1 Å². The summed E-state index contributed by atoms with van der Waals surface area (Å²) in [5.74, 6) is -0.556. The molecule has 3 N–H and O–H groups in total. The summed E-state index contributed by atoms with van der Waals surface area (Å²) >= 11 is 1.40. The van der Waals surface area contributed by atoms with Crippen LogP contribution in [0.2, 0.25) is 0 Å². The first-order chi connectivity index (χ1) is 16.8. The minimum atomic E-state index is -0.745. The highest BCUT2D eigenvalue weighted by atomic mass is 32.1. The van der Waals surface area contributed by atoms with E-state index in [0.717, 1.165) is 5.69 Å². The maximum Gasteiger partial charge on any atom is 0.303 e. The smallest absolute Gasteiger partial charge is 0.303 e. The molecule has 0 radical (unpaired) electrons. The summed E-state index contributed by atoms with van der Waals surface area (Å²) < 4.78 is 15.1. The van der Waals surface area contributed by atoms with Gasteiger partial charge in [0, 0.05) is 17.5 Å². The van der Waals surface area contributed by atoms with Crippen molar-refractivity contribution in [2.24, 2.45) is 0 Å². The van der Waals surface area contributed by atoms with E-state index in [4.69, 9.17) is 10.1 Å². The Labute approximate surface area is 202 Å². The first kappa shape index (κ1) is 24.0. The number of thiazole rings is 1. The Balaban J connectivity index is 0.000000527. The molecule has 0 aliphatic heterocycles. The van der Waals surface area contributed by atoms with Crippen molar-refractivity contribution in [2.75, 3.05) is 5.32 Å². The summed E-state index contributed by atoms with van der Waals surface area (Å²) in [6, 6.07) is 5.49. The second kappa shape index (κ2) is 9.97. The van der Waals surface area contributed by atoms with E-state index >= 15 is 0 Å². The van der Waals surface area contributed by atoms with Crippen LogP contribution in [0.4, 0.5) is 10.2 Å². The number of hydrogen-bond donors (Lipinski definition) is 3. The van der Waals surface area contributed by atoms with E-state index in [1.807, 2.05) is 19.2 Å². The summed E-state index contributed by atoms with van der Waals surface area (Å²) in [5, 5.41) is 12.9. The van der Waals surface area contributed by atoms with Crippen LogP contribution >= 0.6 is 11.3 Å². The predicted octanol–water partition coefficient (Wildman–Crippen LogP) is 4.19. The first-order valence-corrected chi connectivity index (χ1v) is 11.6. The van der Waals surface area contributed by atoms with Gasteiger partial charge in [-0.1, -0.05) is 19.1 Å². The average Bonchev–Trinajstić information content (AvgIpc) is 3.47. The number of carbonyl (C=O) groups is 1. The largest absolute Gasteiger partial charge is 0.481 e. The fourth-order valence-corrected chi connectivity index (χ4v) is 4.31. The highest BCUT2D eigenvalue weighted by Gasteiger charge is 2.22. The number of hydrogen-bond acceptors (Lipinski definition) is 8. The molecule has 180 valence electrons. The SMILES string of the molecule is CCC(=O)O.Cc1csc2nc(C(C)Nc3ncnc4nc[nH]c34)c(-c3ccc(F)cc3)c(=O)n12. The fraction of sp³-hybridized carbons (Fsp3) is 0.217. The second-order valence-electron chi connectivity index (χ2n) is 7.62. The van der Waals surface area contributed by atoms with E-state index in [0.29, 0.717) is 38.8 Å². The number of H-pyrrole nitrogens is 1. The molecule has 0 aliphatic carbocycles. The number of aryl methyl sites for hydroxylation is 1. The van der Waals surface area contributed by atoms with Gasteiger partial charge in [-0.25, -0.2) is 24.3 Å². The van der Waals surface area contributed by atoms with E-state index in [1.54, 1.807) is 29.8 Å². The van der Waals surface area contributed by atoms with Crippen molar-refractivity contribution in [1.29, 1.82) is 0 Å². The number of aliphatic carboxylic acids is 1. The summed E-state index contributed by atoms with van der Waals surface area (Å²) in [6.45, 7) is 5.36. The van der Waals surface area contributed by atoms with Crippen molar-refractivity contribution in [3.8, 4) is 11.1 Å². The lowest BCUT2D eigenvalue weighted by molar-refractivity contribution is -0.136. The Morgan fingerprint density at radius 1 is 1.26 bits per heavy atom. The topological polar surface area (TPSA) is 138 Å². The van der Waals surface area contributed by atoms with Crippen molar-refractivity contribution in [3.05, 3.63) is 69.9 Å². The van der Waals surface area contributed by atoms with Gasteiger partial charge < -0.3 is 15.4 Å². The monoisotopic (exact) mass is 495 g/mol. The number of nitrogens with one attached hydrogen (secondary N) is 2. The fourth-order valence-electron chi connectivity index (χ4n) is 3.45. The van der Waals surface area contributed by atoms with Gasteiger partial charge in [0.25, 0.3) is 5.56 Å². The zero-order chi connectivity index (χ0) is 25.1. The van der Waals surface area contributed by atoms with Gasteiger partial charge in [-0.2, -0.15) is 0 Å². The maximum atomic E-state index is 13.5. The normalized spacial score (nSPS) is 11.8. The number of carboxylic acids is 1. The molecule has 35 heavy (non-hydrogen) atoms. The molecule has 0 saturated carbocycles. The number of fused-ring (bicyclic) bond motifs is 2. The van der Waals surface area contributed by atoms with Gasteiger partial charge in [0.1, 0.15) is 17.7 Å². The third-order valence-corrected chi connectivity index (χ3v) is 6.13. The molecule has 0 aliphatic rings. The van der Waals surface area contributed by atoms with E-state index in [2.05, 4.69) is 25.3 Å². The van der Waals surface area contributed by atoms with Crippen LogP contribution in [-0.2, 0) is 4.79 Å². The highest BCUT2D eigenvalue weighted by Crippen LogP contribution is 2.29. The van der Waals surface area contributed by atoms with E-state index in [1.165, 1.54) is 29.8 Å². The third kappa shape index (κ3) is 4.87. The maximum absolute atomic E-state index is 13.5. The van der Waals surface area contributed by atoms with Gasteiger partial charge in [0.05, 0.1) is 23.6 Å². The molecule has 4 aromatic heterocycles. The lowest BCUT2D eigenvalue weighted by Gasteiger charge is -2.18. The molecular weight excluding hydrogens is 473 g/mol. The van der Waals surface area contributed by atoms with Crippen molar-refractivity contribution in [3.63, 3.8) is 0 Å². The number of imidazole rings is 1. The van der Waals surface area contributed by atoms with Crippen molar-refractivity contribution in [1.82, 2.24) is 29.3 Å². The average molecular weight is 496 g/mol. The molecular formula is C23H22FN7O3S. The lowest BCUT2D eigenvalue weighted by atomic mass is 10.0. The zero-order valence-corrected chi connectivity index (χ0v) is 19.9. The van der Waals surface area contributed by atoms with Crippen molar-refractivity contribution >= 4 is 39.2 Å². The Morgan fingerprint density at radius 2 is 1.97 bits per heavy atom.